The molecule has 1 fully saturated rings. The second kappa shape index (κ2) is 6.27. The van der Waals surface area contributed by atoms with Gasteiger partial charge in [0, 0.05) is 30.9 Å². The minimum Gasteiger partial charge on any atom is -0.376 e. The second-order valence-corrected chi connectivity index (χ2v) is 5.69. The Balaban J connectivity index is 1.98. The lowest BCUT2D eigenvalue weighted by Crippen LogP contribution is -2.58. The summed E-state index contributed by atoms with van der Waals surface area (Å²) in [6.45, 7) is 10.4. The Hall–Kier alpha value is -1.55. The molecule has 2 unspecified atom stereocenters. The molecule has 1 aliphatic heterocycles. The van der Waals surface area contributed by atoms with Gasteiger partial charge in [-0.15, -0.1) is 0 Å². The maximum atomic E-state index is 12.4. The normalized spacial score (nSPS) is 22.7. The molecule has 2 atom stereocenters. The van der Waals surface area contributed by atoms with Gasteiger partial charge in [0.2, 0.25) is 5.91 Å². The molecule has 1 amide bonds. The molecular formula is C16H25N3O. The van der Waals surface area contributed by atoms with Gasteiger partial charge in [0.05, 0.1) is 6.54 Å². The Morgan fingerprint density at radius 1 is 1.35 bits per heavy atom. The summed E-state index contributed by atoms with van der Waals surface area (Å²) >= 11 is 0. The third kappa shape index (κ3) is 3.12. The van der Waals surface area contributed by atoms with Crippen LogP contribution in [-0.4, -0.2) is 42.5 Å². The van der Waals surface area contributed by atoms with E-state index in [1.54, 1.807) is 0 Å². The first-order valence-electron chi connectivity index (χ1n) is 7.33. The van der Waals surface area contributed by atoms with Crippen LogP contribution < -0.4 is 10.6 Å². The van der Waals surface area contributed by atoms with Crippen LogP contribution in [-0.2, 0) is 4.79 Å². The van der Waals surface area contributed by atoms with E-state index >= 15 is 0 Å². The van der Waals surface area contributed by atoms with Gasteiger partial charge in [-0.25, -0.2) is 0 Å². The van der Waals surface area contributed by atoms with Gasteiger partial charge in [-0.3, -0.25) is 4.79 Å². The van der Waals surface area contributed by atoms with E-state index in [0.717, 1.165) is 18.8 Å². The van der Waals surface area contributed by atoms with Crippen molar-refractivity contribution in [2.45, 2.75) is 39.8 Å². The maximum absolute atomic E-state index is 12.4. The Kier molecular flexibility index (Phi) is 4.65. The number of para-hydroxylation sites is 1. The van der Waals surface area contributed by atoms with Crippen molar-refractivity contribution in [2.75, 3.05) is 25.0 Å². The highest BCUT2D eigenvalue weighted by Crippen LogP contribution is 2.19. The fraction of sp³-hybridized carbons (Fsp3) is 0.562. The molecule has 110 valence electrons. The van der Waals surface area contributed by atoms with Gasteiger partial charge >= 0.3 is 0 Å². The smallest absolute Gasteiger partial charge is 0.242 e. The van der Waals surface area contributed by atoms with Crippen molar-refractivity contribution in [1.82, 2.24) is 10.2 Å². The average Bonchev–Trinajstić information content (AvgIpc) is 2.41. The molecule has 1 aromatic rings. The standard InChI is InChI=1S/C16H25N3O/c1-11-6-5-7-12(2)16(11)18-10-15(20)19-9-8-17-13(3)14(19)4/h5-7,13-14,17-18H,8-10H2,1-4H3. The number of rotatable bonds is 3. The van der Waals surface area contributed by atoms with E-state index in [-0.39, 0.29) is 11.9 Å². The molecule has 2 N–H and O–H groups in total. The summed E-state index contributed by atoms with van der Waals surface area (Å²) in [5, 5.41) is 6.70. The molecule has 0 bridgehead atoms. The number of piperazine rings is 1. The van der Waals surface area contributed by atoms with Crippen LogP contribution >= 0.6 is 0 Å². The minimum absolute atomic E-state index is 0.175. The van der Waals surface area contributed by atoms with Gasteiger partial charge in [0.15, 0.2) is 0 Å². The fourth-order valence-corrected chi connectivity index (χ4v) is 2.77. The van der Waals surface area contributed by atoms with Crippen molar-refractivity contribution >= 4 is 11.6 Å². The van der Waals surface area contributed by atoms with Gasteiger partial charge in [-0.2, -0.15) is 0 Å². The van der Waals surface area contributed by atoms with E-state index in [1.807, 2.05) is 11.0 Å². The molecule has 1 heterocycles. The second-order valence-electron chi connectivity index (χ2n) is 5.69. The van der Waals surface area contributed by atoms with Crippen LogP contribution in [0.15, 0.2) is 18.2 Å². The third-order valence-corrected chi connectivity index (χ3v) is 4.25. The Morgan fingerprint density at radius 3 is 2.65 bits per heavy atom. The molecule has 0 aliphatic carbocycles. The van der Waals surface area contributed by atoms with E-state index < -0.39 is 0 Å². The largest absolute Gasteiger partial charge is 0.376 e. The zero-order chi connectivity index (χ0) is 14.7. The van der Waals surface area contributed by atoms with Crippen LogP contribution in [0.2, 0.25) is 0 Å². The summed E-state index contributed by atoms with van der Waals surface area (Å²) in [6, 6.07) is 6.77. The van der Waals surface area contributed by atoms with Gasteiger partial charge in [-0.05, 0) is 38.8 Å². The summed E-state index contributed by atoms with van der Waals surface area (Å²) in [5.41, 5.74) is 3.44. The highest BCUT2D eigenvalue weighted by Gasteiger charge is 2.27. The molecule has 0 saturated carbocycles. The lowest BCUT2D eigenvalue weighted by Gasteiger charge is -2.38. The van der Waals surface area contributed by atoms with E-state index in [9.17, 15) is 4.79 Å². The van der Waals surface area contributed by atoms with E-state index in [4.69, 9.17) is 0 Å². The first-order chi connectivity index (χ1) is 9.50. The molecule has 4 heteroatoms. The number of aryl methyl sites for hydroxylation is 2. The molecule has 0 radical (unpaired) electrons. The zero-order valence-electron chi connectivity index (χ0n) is 12.9. The van der Waals surface area contributed by atoms with Crippen molar-refractivity contribution in [2.24, 2.45) is 0 Å². The van der Waals surface area contributed by atoms with Crippen LogP contribution in [0.25, 0.3) is 0 Å². The van der Waals surface area contributed by atoms with Crippen molar-refractivity contribution in [1.29, 1.82) is 0 Å². The summed E-state index contributed by atoms with van der Waals surface area (Å²) in [4.78, 5) is 14.4. The number of nitrogens with zero attached hydrogens (tertiary/aromatic N) is 1. The highest BCUT2D eigenvalue weighted by atomic mass is 16.2. The first kappa shape index (κ1) is 14.9. The number of hydrogen-bond donors (Lipinski definition) is 2. The quantitative estimate of drug-likeness (QED) is 0.886. The predicted molar refractivity (Wildman–Crippen MR) is 83.0 cm³/mol. The van der Waals surface area contributed by atoms with Crippen molar-refractivity contribution in [3.05, 3.63) is 29.3 Å². The number of carbonyl (C=O) groups is 1. The third-order valence-electron chi connectivity index (χ3n) is 4.25. The maximum Gasteiger partial charge on any atom is 0.242 e. The van der Waals surface area contributed by atoms with Crippen LogP contribution in [0.5, 0.6) is 0 Å². The van der Waals surface area contributed by atoms with Crippen LogP contribution in [0, 0.1) is 13.8 Å². The van der Waals surface area contributed by atoms with Crippen molar-refractivity contribution in [3.8, 4) is 0 Å². The number of carbonyl (C=O) groups excluding carboxylic acids is 1. The number of benzene rings is 1. The van der Waals surface area contributed by atoms with Crippen molar-refractivity contribution in [3.63, 3.8) is 0 Å². The Morgan fingerprint density at radius 2 is 2.00 bits per heavy atom. The van der Waals surface area contributed by atoms with Crippen molar-refractivity contribution < 1.29 is 4.79 Å². The van der Waals surface area contributed by atoms with Crippen LogP contribution in [0.4, 0.5) is 5.69 Å². The van der Waals surface area contributed by atoms with Gasteiger partial charge in [0.1, 0.15) is 0 Å². The van der Waals surface area contributed by atoms with Crippen LogP contribution in [0.1, 0.15) is 25.0 Å². The van der Waals surface area contributed by atoms with E-state index in [2.05, 4.69) is 50.5 Å². The molecule has 4 nitrogen and oxygen atoms in total. The van der Waals surface area contributed by atoms with Gasteiger partial charge < -0.3 is 15.5 Å². The van der Waals surface area contributed by atoms with E-state index in [0.29, 0.717) is 12.6 Å². The average molecular weight is 275 g/mol. The zero-order valence-corrected chi connectivity index (χ0v) is 12.9. The fourth-order valence-electron chi connectivity index (χ4n) is 2.77. The number of anilines is 1. The topological polar surface area (TPSA) is 44.4 Å². The van der Waals surface area contributed by atoms with E-state index in [1.165, 1.54) is 11.1 Å². The monoisotopic (exact) mass is 275 g/mol. The Labute approximate surface area is 121 Å². The van der Waals surface area contributed by atoms with Gasteiger partial charge in [-0.1, -0.05) is 18.2 Å². The molecule has 1 aromatic carbocycles. The van der Waals surface area contributed by atoms with Crippen LogP contribution in [0.3, 0.4) is 0 Å². The lowest BCUT2D eigenvalue weighted by molar-refractivity contribution is -0.132. The molecule has 20 heavy (non-hydrogen) atoms. The summed E-state index contributed by atoms with van der Waals surface area (Å²) in [7, 11) is 0. The summed E-state index contributed by atoms with van der Waals surface area (Å²) < 4.78 is 0. The molecule has 0 spiro atoms. The molecule has 0 aromatic heterocycles. The summed E-state index contributed by atoms with van der Waals surface area (Å²) in [5.74, 6) is 0.175. The minimum atomic E-state index is 0.175. The highest BCUT2D eigenvalue weighted by molar-refractivity contribution is 5.82. The molecule has 1 saturated heterocycles. The predicted octanol–water partition coefficient (Wildman–Crippen LogP) is 1.92. The first-order valence-corrected chi connectivity index (χ1v) is 7.33. The Bertz CT molecular complexity index is 466. The number of amides is 1. The number of hydrogen-bond acceptors (Lipinski definition) is 3. The molecule has 1 aliphatic rings. The lowest BCUT2D eigenvalue weighted by atomic mass is 10.1. The molecular weight excluding hydrogens is 250 g/mol. The molecule has 2 rings (SSSR count). The van der Waals surface area contributed by atoms with Gasteiger partial charge in [0.25, 0.3) is 0 Å². The summed E-state index contributed by atoms with van der Waals surface area (Å²) in [6.07, 6.45) is 0. The number of nitrogens with one attached hydrogen (secondary N) is 2. The SMILES string of the molecule is Cc1cccc(C)c1NCC(=O)N1CCNC(C)C1C.